The van der Waals surface area contributed by atoms with Crippen molar-refractivity contribution in [2.24, 2.45) is 0 Å². The molecule has 2 amide bonds. The van der Waals surface area contributed by atoms with Crippen molar-refractivity contribution in [3.8, 4) is 0 Å². The van der Waals surface area contributed by atoms with Gasteiger partial charge in [-0.3, -0.25) is 0 Å². The van der Waals surface area contributed by atoms with E-state index >= 15 is 0 Å². The smallest absolute Gasteiger partial charge is 0.317 e. The van der Waals surface area contributed by atoms with E-state index in [0.717, 1.165) is 5.69 Å². The van der Waals surface area contributed by atoms with Gasteiger partial charge in [0, 0.05) is 19.0 Å². The summed E-state index contributed by atoms with van der Waals surface area (Å²) < 4.78 is 0. The molecule has 0 aliphatic rings. The van der Waals surface area contributed by atoms with Crippen LogP contribution in [0.25, 0.3) is 0 Å². The van der Waals surface area contributed by atoms with E-state index < -0.39 is 0 Å². The molecule has 0 fully saturated rings. The van der Waals surface area contributed by atoms with Crippen LogP contribution in [0.4, 0.5) is 4.79 Å². The highest BCUT2D eigenvalue weighted by Crippen LogP contribution is 1.99. The predicted octanol–water partition coefficient (Wildman–Crippen LogP) is 1.30. The van der Waals surface area contributed by atoms with E-state index in [2.05, 4.69) is 10.3 Å². The van der Waals surface area contributed by atoms with Gasteiger partial charge in [0.2, 0.25) is 0 Å². The average molecular weight is 199 g/mol. The van der Waals surface area contributed by atoms with Gasteiger partial charge in [0.15, 0.2) is 0 Å². The molecule has 0 saturated heterocycles. The number of carbonyl (C=O) groups is 1. The van der Waals surface area contributed by atoms with Crippen molar-refractivity contribution in [1.82, 2.24) is 15.2 Å². The lowest BCUT2D eigenvalue weighted by atomic mass is 10.5. The van der Waals surface area contributed by atoms with Gasteiger partial charge in [-0.1, -0.05) is 0 Å². The molecular weight excluding hydrogens is 186 g/mol. The highest BCUT2D eigenvalue weighted by atomic mass is 32.1. The third-order valence-electron chi connectivity index (χ3n) is 1.73. The Balaban J connectivity index is 2.31. The van der Waals surface area contributed by atoms with E-state index in [0.29, 0.717) is 13.1 Å². The molecular formula is C8H13N3OS. The van der Waals surface area contributed by atoms with Crippen molar-refractivity contribution in [2.75, 3.05) is 13.6 Å². The molecule has 1 aromatic rings. The van der Waals surface area contributed by atoms with Gasteiger partial charge in [0.25, 0.3) is 0 Å². The SMILES string of the molecule is CCN(C)C(=O)NCc1cscn1. The molecule has 0 atom stereocenters. The molecule has 0 radical (unpaired) electrons. The molecule has 0 unspecified atom stereocenters. The lowest BCUT2D eigenvalue weighted by Gasteiger charge is -2.14. The second kappa shape index (κ2) is 4.81. The summed E-state index contributed by atoms with van der Waals surface area (Å²) >= 11 is 1.53. The molecule has 0 spiro atoms. The number of hydrogen-bond acceptors (Lipinski definition) is 3. The molecule has 0 bridgehead atoms. The van der Waals surface area contributed by atoms with Crippen LogP contribution in [0.3, 0.4) is 0 Å². The minimum Gasteiger partial charge on any atom is -0.332 e. The number of rotatable bonds is 3. The van der Waals surface area contributed by atoms with Crippen molar-refractivity contribution in [2.45, 2.75) is 13.5 Å². The summed E-state index contributed by atoms with van der Waals surface area (Å²) in [7, 11) is 1.76. The molecule has 1 rings (SSSR count). The average Bonchev–Trinajstić information content (AvgIpc) is 2.65. The van der Waals surface area contributed by atoms with Crippen LogP contribution >= 0.6 is 11.3 Å². The fourth-order valence-electron chi connectivity index (χ4n) is 0.770. The highest BCUT2D eigenvalue weighted by Gasteiger charge is 2.05. The largest absolute Gasteiger partial charge is 0.332 e. The standard InChI is InChI=1S/C8H13N3OS/c1-3-11(2)8(12)9-4-7-5-13-6-10-7/h5-6H,3-4H2,1-2H3,(H,9,12). The Morgan fingerprint density at radius 1 is 1.77 bits per heavy atom. The molecule has 4 nitrogen and oxygen atoms in total. The van der Waals surface area contributed by atoms with Crippen LogP contribution in [-0.2, 0) is 6.54 Å². The zero-order valence-electron chi connectivity index (χ0n) is 7.78. The van der Waals surface area contributed by atoms with Crippen LogP contribution < -0.4 is 5.32 Å². The van der Waals surface area contributed by atoms with Crippen molar-refractivity contribution in [3.63, 3.8) is 0 Å². The maximum Gasteiger partial charge on any atom is 0.317 e. The molecule has 5 heteroatoms. The summed E-state index contributed by atoms with van der Waals surface area (Å²) in [5.41, 5.74) is 2.66. The lowest BCUT2D eigenvalue weighted by molar-refractivity contribution is 0.210. The van der Waals surface area contributed by atoms with Gasteiger partial charge in [-0.25, -0.2) is 9.78 Å². The van der Waals surface area contributed by atoms with Gasteiger partial charge in [0.05, 0.1) is 17.7 Å². The van der Waals surface area contributed by atoms with Gasteiger partial charge < -0.3 is 10.2 Å². The first-order chi connectivity index (χ1) is 6.24. The van der Waals surface area contributed by atoms with E-state index in [1.165, 1.54) is 11.3 Å². The van der Waals surface area contributed by atoms with Crippen LogP contribution in [0.5, 0.6) is 0 Å². The van der Waals surface area contributed by atoms with Crippen molar-refractivity contribution in [1.29, 1.82) is 0 Å². The predicted molar refractivity (Wildman–Crippen MR) is 52.7 cm³/mol. The number of urea groups is 1. The number of hydrogen-bond donors (Lipinski definition) is 1. The Morgan fingerprint density at radius 2 is 2.54 bits per heavy atom. The second-order valence-electron chi connectivity index (χ2n) is 2.65. The number of nitrogens with zero attached hydrogens (tertiary/aromatic N) is 2. The zero-order chi connectivity index (χ0) is 9.68. The van der Waals surface area contributed by atoms with E-state index in [4.69, 9.17) is 0 Å². The third kappa shape index (κ3) is 3.02. The topological polar surface area (TPSA) is 45.2 Å². The van der Waals surface area contributed by atoms with Crippen LogP contribution in [0.15, 0.2) is 10.9 Å². The van der Waals surface area contributed by atoms with Crippen LogP contribution in [-0.4, -0.2) is 29.5 Å². The summed E-state index contributed by atoms with van der Waals surface area (Å²) in [6.07, 6.45) is 0. The van der Waals surface area contributed by atoms with Gasteiger partial charge in [-0.15, -0.1) is 11.3 Å². The quantitative estimate of drug-likeness (QED) is 0.797. The Labute approximate surface area is 81.6 Å². The normalized spacial score (nSPS) is 9.69. The Bertz CT molecular complexity index is 260. The van der Waals surface area contributed by atoms with E-state index in [1.54, 1.807) is 17.5 Å². The summed E-state index contributed by atoms with van der Waals surface area (Å²) in [6.45, 7) is 3.15. The first kappa shape index (κ1) is 9.98. The van der Waals surface area contributed by atoms with Crippen LogP contribution in [0.2, 0.25) is 0 Å². The summed E-state index contributed by atoms with van der Waals surface area (Å²) in [6, 6.07) is -0.0597. The number of nitrogens with one attached hydrogen (secondary N) is 1. The fraction of sp³-hybridized carbons (Fsp3) is 0.500. The van der Waals surface area contributed by atoms with Gasteiger partial charge in [-0.05, 0) is 6.92 Å². The zero-order valence-corrected chi connectivity index (χ0v) is 8.60. The Hall–Kier alpha value is -1.10. The van der Waals surface area contributed by atoms with Crippen LogP contribution in [0.1, 0.15) is 12.6 Å². The van der Waals surface area contributed by atoms with Gasteiger partial charge in [0.1, 0.15) is 0 Å². The molecule has 1 N–H and O–H groups in total. The Kier molecular flexibility index (Phi) is 3.70. The summed E-state index contributed by atoms with van der Waals surface area (Å²) in [5, 5.41) is 4.69. The maximum absolute atomic E-state index is 11.3. The minimum absolute atomic E-state index is 0.0597. The number of thiazole rings is 1. The molecule has 1 heterocycles. The molecule has 0 aromatic carbocycles. The lowest BCUT2D eigenvalue weighted by Crippen LogP contribution is -2.36. The number of carbonyl (C=O) groups excluding carboxylic acids is 1. The molecule has 0 aliphatic carbocycles. The van der Waals surface area contributed by atoms with Gasteiger partial charge in [-0.2, -0.15) is 0 Å². The first-order valence-corrected chi connectivity index (χ1v) is 5.04. The minimum atomic E-state index is -0.0597. The fourth-order valence-corrected chi connectivity index (χ4v) is 1.33. The second-order valence-corrected chi connectivity index (χ2v) is 3.37. The molecule has 0 saturated carbocycles. The molecule has 72 valence electrons. The number of aromatic nitrogens is 1. The Morgan fingerprint density at radius 3 is 3.08 bits per heavy atom. The van der Waals surface area contributed by atoms with Crippen molar-refractivity contribution < 1.29 is 4.79 Å². The maximum atomic E-state index is 11.3. The van der Waals surface area contributed by atoms with Crippen molar-refractivity contribution in [3.05, 3.63) is 16.6 Å². The molecule has 1 aromatic heterocycles. The number of amides is 2. The molecule has 0 aliphatic heterocycles. The highest BCUT2D eigenvalue weighted by molar-refractivity contribution is 7.07. The first-order valence-electron chi connectivity index (χ1n) is 4.10. The van der Waals surface area contributed by atoms with Crippen molar-refractivity contribution >= 4 is 17.4 Å². The monoisotopic (exact) mass is 199 g/mol. The van der Waals surface area contributed by atoms with Crippen LogP contribution in [0, 0.1) is 0 Å². The summed E-state index contributed by atoms with van der Waals surface area (Å²) in [5.74, 6) is 0. The van der Waals surface area contributed by atoms with E-state index in [-0.39, 0.29) is 6.03 Å². The van der Waals surface area contributed by atoms with E-state index in [1.807, 2.05) is 12.3 Å². The third-order valence-corrected chi connectivity index (χ3v) is 2.36. The summed E-state index contributed by atoms with van der Waals surface area (Å²) in [4.78, 5) is 16.9. The van der Waals surface area contributed by atoms with Gasteiger partial charge >= 0.3 is 6.03 Å². The van der Waals surface area contributed by atoms with E-state index in [9.17, 15) is 4.79 Å². The molecule has 13 heavy (non-hydrogen) atoms.